The van der Waals surface area contributed by atoms with Crippen LogP contribution in [0.25, 0.3) is 0 Å². The Kier molecular flexibility index (Phi) is 11.0. The maximum absolute atomic E-state index is 9.18. The third-order valence-electron chi connectivity index (χ3n) is 2.43. The molecule has 0 radical (unpaired) electrons. The van der Waals surface area contributed by atoms with Gasteiger partial charge in [-0.1, -0.05) is 76.2 Å². The fourth-order valence-corrected chi connectivity index (χ4v) is 1.56. The number of ether oxygens (including phenoxy) is 1. The van der Waals surface area contributed by atoms with Crippen LogP contribution >= 0.6 is 0 Å². The van der Waals surface area contributed by atoms with Gasteiger partial charge in [-0.25, -0.2) is 0 Å². The second-order valence-electron chi connectivity index (χ2n) is 3.69. The van der Waals surface area contributed by atoms with Gasteiger partial charge in [0, 0.05) is 5.46 Å². The Bertz CT molecular complexity index is 472. The SMILES string of the molecule is CC.CC.OB(O)c1ccccc1OCc1ccccc1. The average Bonchev–Trinajstić information content (AvgIpc) is 2.58. The van der Waals surface area contributed by atoms with Gasteiger partial charge < -0.3 is 14.8 Å². The summed E-state index contributed by atoms with van der Waals surface area (Å²) in [6.07, 6.45) is 0. The lowest BCUT2D eigenvalue weighted by Crippen LogP contribution is -2.31. The summed E-state index contributed by atoms with van der Waals surface area (Å²) in [6.45, 7) is 8.41. The quantitative estimate of drug-likeness (QED) is 0.850. The van der Waals surface area contributed by atoms with Gasteiger partial charge in [-0.05, 0) is 11.6 Å². The zero-order valence-electron chi connectivity index (χ0n) is 13.3. The van der Waals surface area contributed by atoms with Gasteiger partial charge in [0.25, 0.3) is 0 Å². The van der Waals surface area contributed by atoms with Crippen LogP contribution in [0.5, 0.6) is 5.75 Å². The van der Waals surface area contributed by atoms with E-state index in [4.69, 9.17) is 4.74 Å². The molecule has 21 heavy (non-hydrogen) atoms. The Balaban J connectivity index is 0.000000921. The minimum atomic E-state index is -1.51. The summed E-state index contributed by atoms with van der Waals surface area (Å²) in [4.78, 5) is 0. The summed E-state index contributed by atoms with van der Waals surface area (Å²) < 4.78 is 5.56. The molecule has 0 bridgehead atoms. The van der Waals surface area contributed by atoms with Crippen LogP contribution in [0, 0.1) is 0 Å². The summed E-state index contributed by atoms with van der Waals surface area (Å²) in [7, 11) is -1.51. The predicted molar refractivity (Wildman–Crippen MR) is 89.7 cm³/mol. The van der Waals surface area contributed by atoms with E-state index in [9.17, 15) is 10.0 Å². The van der Waals surface area contributed by atoms with Crippen molar-refractivity contribution in [3.8, 4) is 5.75 Å². The topological polar surface area (TPSA) is 49.7 Å². The van der Waals surface area contributed by atoms with E-state index in [1.54, 1.807) is 24.3 Å². The first-order valence-corrected chi connectivity index (χ1v) is 7.39. The number of rotatable bonds is 4. The second kappa shape index (κ2) is 12.0. The lowest BCUT2D eigenvalue weighted by atomic mass is 9.79. The smallest absolute Gasteiger partial charge is 0.489 e. The molecule has 0 spiro atoms. The van der Waals surface area contributed by atoms with Crippen molar-refractivity contribution in [1.82, 2.24) is 0 Å². The number of hydrogen-bond acceptors (Lipinski definition) is 3. The van der Waals surface area contributed by atoms with Crippen LogP contribution in [-0.4, -0.2) is 17.2 Å². The zero-order chi connectivity index (χ0) is 16.1. The van der Waals surface area contributed by atoms with E-state index in [1.807, 2.05) is 58.0 Å². The van der Waals surface area contributed by atoms with Crippen LogP contribution in [0.3, 0.4) is 0 Å². The van der Waals surface area contributed by atoms with Crippen molar-refractivity contribution in [2.75, 3.05) is 0 Å². The van der Waals surface area contributed by atoms with Crippen molar-refractivity contribution in [2.24, 2.45) is 0 Å². The molecule has 0 atom stereocenters. The summed E-state index contributed by atoms with van der Waals surface area (Å²) in [6, 6.07) is 16.6. The van der Waals surface area contributed by atoms with E-state index in [0.29, 0.717) is 17.8 Å². The van der Waals surface area contributed by atoms with Crippen LogP contribution in [0.2, 0.25) is 0 Å². The number of para-hydroxylation sites is 1. The molecule has 0 aliphatic carbocycles. The maximum Gasteiger partial charge on any atom is 0.492 e. The average molecular weight is 288 g/mol. The highest BCUT2D eigenvalue weighted by Gasteiger charge is 2.16. The van der Waals surface area contributed by atoms with Crippen molar-refractivity contribution in [2.45, 2.75) is 34.3 Å². The highest BCUT2D eigenvalue weighted by molar-refractivity contribution is 6.59. The van der Waals surface area contributed by atoms with Crippen molar-refractivity contribution in [1.29, 1.82) is 0 Å². The molecule has 0 heterocycles. The molecule has 2 aromatic rings. The van der Waals surface area contributed by atoms with E-state index in [0.717, 1.165) is 5.56 Å². The van der Waals surface area contributed by atoms with Crippen molar-refractivity contribution >= 4 is 12.6 Å². The van der Waals surface area contributed by atoms with Gasteiger partial charge in [0.1, 0.15) is 12.4 Å². The van der Waals surface area contributed by atoms with Crippen LogP contribution in [0.4, 0.5) is 0 Å². The van der Waals surface area contributed by atoms with E-state index in [1.165, 1.54) is 0 Å². The monoisotopic (exact) mass is 288 g/mol. The molecule has 0 aliphatic rings. The molecule has 2 N–H and O–H groups in total. The molecule has 0 aromatic heterocycles. The second-order valence-corrected chi connectivity index (χ2v) is 3.69. The van der Waals surface area contributed by atoms with Gasteiger partial charge in [-0.15, -0.1) is 0 Å². The van der Waals surface area contributed by atoms with E-state index in [-0.39, 0.29) is 0 Å². The Morgan fingerprint density at radius 2 is 1.33 bits per heavy atom. The van der Waals surface area contributed by atoms with E-state index < -0.39 is 7.12 Å². The molecule has 0 fully saturated rings. The first-order valence-electron chi connectivity index (χ1n) is 7.39. The van der Waals surface area contributed by atoms with Gasteiger partial charge in [-0.3, -0.25) is 0 Å². The van der Waals surface area contributed by atoms with Crippen molar-refractivity contribution in [3.05, 3.63) is 60.2 Å². The molecule has 0 saturated heterocycles. The van der Waals surface area contributed by atoms with Crippen LogP contribution < -0.4 is 10.2 Å². The third kappa shape index (κ3) is 6.98. The third-order valence-corrected chi connectivity index (χ3v) is 2.43. The summed E-state index contributed by atoms with van der Waals surface area (Å²) in [5.74, 6) is 0.492. The lowest BCUT2D eigenvalue weighted by molar-refractivity contribution is 0.306. The Hall–Kier alpha value is -1.78. The molecule has 0 saturated carbocycles. The van der Waals surface area contributed by atoms with Crippen LogP contribution in [0.1, 0.15) is 33.3 Å². The normalized spacial score (nSPS) is 8.67. The molecule has 2 aromatic carbocycles. The molecular formula is C17H25BO3. The van der Waals surface area contributed by atoms with Gasteiger partial charge in [0.15, 0.2) is 0 Å². The Labute approximate surface area is 128 Å². The first kappa shape index (κ1) is 19.2. The first-order chi connectivity index (χ1) is 10.3. The molecule has 3 nitrogen and oxygen atoms in total. The minimum absolute atomic E-state index is 0.378. The summed E-state index contributed by atoms with van der Waals surface area (Å²) in [5.41, 5.74) is 1.41. The zero-order valence-corrected chi connectivity index (χ0v) is 13.3. The molecule has 0 amide bonds. The van der Waals surface area contributed by atoms with Crippen molar-refractivity contribution < 1.29 is 14.8 Å². The fraction of sp³-hybridized carbons (Fsp3) is 0.294. The van der Waals surface area contributed by atoms with Crippen LogP contribution in [-0.2, 0) is 6.61 Å². The van der Waals surface area contributed by atoms with Crippen molar-refractivity contribution in [3.63, 3.8) is 0 Å². The molecular weight excluding hydrogens is 263 g/mol. The highest BCUT2D eigenvalue weighted by Crippen LogP contribution is 2.10. The molecule has 2 rings (SSSR count). The van der Waals surface area contributed by atoms with Gasteiger partial charge >= 0.3 is 7.12 Å². The van der Waals surface area contributed by atoms with Gasteiger partial charge in [0.05, 0.1) is 0 Å². The maximum atomic E-state index is 9.18. The summed E-state index contributed by atoms with van der Waals surface area (Å²) >= 11 is 0. The van der Waals surface area contributed by atoms with E-state index in [2.05, 4.69) is 0 Å². The van der Waals surface area contributed by atoms with E-state index >= 15 is 0 Å². The predicted octanol–water partition coefficient (Wildman–Crippen LogP) is 3.00. The Morgan fingerprint density at radius 3 is 1.90 bits per heavy atom. The van der Waals surface area contributed by atoms with Gasteiger partial charge in [0.2, 0.25) is 0 Å². The number of benzene rings is 2. The van der Waals surface area contributed by atoms with Crippen LogP contribution in [0.15, 0.2) is 54.6 Å². The fourth-order valence-electron chi connectivity index (χ4n) is 1.56. The highest BCUT2D eigenvalue weighted by atomic mass is 16.5. The Morgan fingerprint density at radius 1 is 0.810 bits per heavy atom. The standard InChI is InChI=1S/C13H13BO3.2C2H6/c15-14(16)12-8-4-5-9-13(12)17-10-11-6-2-1-3-7-11;2*1-2/h1-9,15-16H,10H2;2*1-2H3. The summed E-state index contributed by atoms with van der Waals surface area (Å²) in [5, 5.41) is 18.4. The minimum Gasteiger partial charge on any atom is -0.489 e. The lowest BCUT2D eigenvalue weighted by Gasteiger charge is -2.10. The molecule has 4 heteroatoms. The molecule has 0 unspecified atom stereocenters. The molecule has 114 valence electrons. The number of hydrogen-bond donors (Lipinski definition) is 2. The largest absolute Gasteiger partial charge is 0.492 e. The molecule has 0 aliphatic heterocycles. The van der Waals surface area contributed by atoms with Gasteiger partial charge in [-0.2, -0.15) is 0 Å².